The number of aryl methyl sites for hydroxylation is 2. The van der Waals surface area contributed by atoms with E-state index in [9.17, 15) is 14.4 Å². The number of ether oxygens (including phenoxy) is 1. The number of H-pyrrole nitrogens is 1. The fourth-order valence-corrected chi connectivity index (χ4v) is 2.39. The van der Waals surface area contributed by atoms with E-state index in [4.69, 9.17) is 9.26 Å². The molecule has 0 aliphatic carbocycles. The Labute approximate surface area is 135 Å². The normalized spacial score (nSPS) is 10.9. The van der Waals surface area contributed by atoms with Gasteiger partial charge in [-0.15, -0.1) is 0 Å². The number of hydrogen-bond donors (Lipinski definition) is 1. The van der Waals surface area contributed by atoms with Crippen LogP contribution in [0.1, 0.15) is 17.0 Å². The Balaban J connectivity index is 1.80. The van der Waals surface area contributed by atoms with Gasteiger partial charge < -0.3 is 9.26 Å². The van der Waals surface area contributed by atoms with Gasteiger partial charge in [0.15, 0.2) is 0 Å². The van der Waals surface area contributed by atoms with Gasteiger partial charge in [0.1, 0.15) is 18.9 Å². The van der Waals surface area contributed by atoms with Crippen LogP contribution in [0.2, 0.25) is 0 Å². The van der Waals surface area contributed by atoms with Crippen LogP contribution in [0.3, 0.4) is 0 Å². The molecule has 0 bridgehead atoms. The first-order chi connectivity index (χ1) is 11.5. The van der Waals surface area contributed by atoms with Crippen LogP contribution >= 0.6 is 0 Å². The zero-order chi connectivity index (χ0) is 17.3. The van der Waals surface area contributed by atoms with Crippen molar-refractivity contribution in [2.24, 2.45) is 0 Å². The first-order valence-electron chi connectivity index (χ1n) is 7.26. The lowest BCUT2D eigenvalue weighted by Crippen LogP contribution is -2.32. The molecule has 1 N–H and O–H groups in total. The largest absolute Gasteiger partial charge is 0.459 e. The predicted octanol–water partition coefficient (Wildman–Crippen LogP) is 1.04. The Bertz CT molecular complexity index is 1010. The Morgan fingerprint density at radius 1 is 1.25 bits per heavy atom. The van der Waals surface area contributed by atoms with Gasteiger partial charge in [-0.05, 0) is 26.0 Å². The summed E-state index contributed by atoms with van der Waals surface area (Å²) in [4.78, 5) is 36.3. The number of benzene rings is 1. The second kappa shape index (κ2) is 6.15. The number of hydrogen-bond acceptors (Lipinski definition) is 6. The summed E-state index contributed by atoms with van der Waals surface area (Å²) in [6.07, 6.45) is 0. The van der Waals surface area contributed by atoms with E-state index in [2.05, 4.69) is 10.3 Å². The van der Waals surface area contributed by atoms with Crippen LogP contribution in [-0.4, -0.2) is 20.9 Å². The molecule has 0 unspecified atom stereocenters. The molecule has 3 aromatic rings. The number of esters is 1. The Morgan fingerprint density at radius 2 is 1.96 bits per heavy atom. The van der Waals surface area contributed by atoms with Crippen LogP contribution < -0.4 is 11.1 Å². The van der Waals surface area contributed by atoms with Gasteiger partial charge in [0.05, 0.1) is 22.0 Å². The molecule has 0 saturated heterocycles. The van der Waals surface area contributed by atoms with Crippen molar-refractivity contribution in [3.8, 4) is 0 Å². The van der Waals surface area contributed by atoms with Gasteiger partial charge in [-0.3, -0.25) is 19.5 Å². The highest BCUT2D eigenvalue weighted by Gasteiger charge is 2.14. The number of aromatic amines is 1. The van der Waals surface area contributed by atoms with Gasteiger partial charge >= 0.3 is 5.97 Å². The summed E-state index contributed by atoms with van der Waals surface area (Å²) in [5.41, 5.74) is 0.419. The van der Waals surface area contributed by atoms with E-state index in [0.717, 1.165) is 4.68 Å². The Hall–Kier alpha value is -3.16. The highest BCUT2D eigenvalue weighted by molar-refractivity contribution is 5.80. The monoisotopic (exact) mass is 329 g/mol. The molecule has 0 fully saturated rings. The van der Waals surface area contributed by atoms with Crippen LogP contribution in [0.25, 0.3) is 10.8 Å². The number of aromatic nitrogens is 3. The van der Waals surface area contributed by atoms with E-state index in [1.54, 1.807) is 38.1 Å². The van der Waals surface area contributed by atoms with E-state index in [1.165, 1.54) is 0 Å². The first-order valence-corrected chi connectivity index (χ1v) is 7.26. The number of nitrogens with zero attached hydrogens (tertiary/aromatic N) is 2. The van der Waals surface area contributed by atoms with Crippen LogP contribution in [0.4, 0.5) is 0 Å². The molecule has 8 nitrogen and oxygen atoms in total. The topological polar surface area (TPSA) is 107 Å². The van der Waals surface area contributed by atoms with Crippen molar-refractivity contribution in [3.63, 3.8) is 0 Å². The van der Waals surface area contributed by atoms with Crippen LogP contribution in [-0.2, 0) is 22.7 Å². The molecule has 2 aromatic heterocycles. The van der Waals surface area contributed by atoms with Crippen molar-refractivity contribution < 1.29 is 14.1 Å². The average Bonchev–Trinajstić information content (AvgIpc) is 2.89. The summed E-state index contributed by atoms with van der Waals surface area (Å²) in [5.74, 6) is -0.0837. The lowest BCUT2D eigenvalue weighted by molar-refractivity contribution is -0.146. The number of carbonyl (C=O) groups is 1. The second-order valence-corrected chi connectivity index (χ2v) is 5.34. The molecule has 0 radical (unpaired) electrons. The molecule has 0 atom stereocenters. The third-order valence-electron chi connectivity index (χ3n) is 3.73. The standard InChI is InChI=1S/C16H15N3O5/c1-9-13(10(2)24-18-9)8-23-14(20)7-19-16(22)12-6-4-3-5-11(12)15(21)17-19/h3-6H,7-8H2,1-2H3,(H,17,21). The number of fused-ring (bicyclic) bond motifs is 1. The quantitative estimate of drug-likeness (QED) is 0.717. The van der Waals surface area contributed by atoms with Gasteiger partial charge in [0, 0.05) is 0 Å². The summed E-state index contributed by atoms with van der Waals surface area (Å²) in [6, 6.07) is 6.41. The Kier molecular flexibility index (Phi) is 4.03. The van der Waals surface area contributed by atoms with E-state index < -0.39 is 17.1 Å². The SMILES string of the molecule is Cc1noc(C)c1COC(=O)Cn1[nH]c(=O)c2ccccc2c1=O. The number of nitrogens with one attached hydrogen (secondary N) is 1. The smallest absolute Gasteiger partial charge is 0.328 e. The summed E-state index contributed by atoms with van der Waals surface area (Å²) in [5, 5.41) is 6.68. The van der Waals surface area contributed by atoms with Crippen LogP contribution in [0.5, 0.6) is 0 Å². The molecule has 0 spiro atoms. The highest BCUT2D eigenvalue weighted by atomic mass is 16.5. The Morgan fingerprint density at radius 3 is 2.62 bits per heavy atom. The van der Waals surface area contributed by atoms with Crippen molar-refractivity contribution in [1.29, 1.82) is 0 Å². The van der Waals surface area contributed by atoms with Gasteiger partial charge in [-0.2, -0.15) is 0 Å². The maximum atomic E-state index is 12.3. The first kappa shape index (κ1) is 15.7. The zero-order valence-corrected chi connectivity index (χ0v) is 13.2. The van der Waals surface area contributed by atoms with E-state index in [1.807, 2.05) is 0 Å². The minimum absolute atomic E-state index is 0.00738. The van der Waals surface area contributed by atoms with Crippen molar-refractivity contribution in [2.75, 3.05) is 0 Å². The van der Waals surface area contributed by atoms with Gasteiger partial charge in [0.2, 0.25) is 0 Å². The van der Waals surface area contributed by atoms with Gasteiger partial charge in [-0.1, -0.05) is 17.3 Å². The molecule has 8 heteroatoms. The van der Waals surface area contributed by atoms with Gasteiger partial charge in [-0.25, -0.2) is 4.68 Å². The van der Waals surface area contributed by atoms with E-state index in [0.29, 0.717) is 17.0 Å². The van der Waals surface area contributed by atoms with E-state index >= 15 is 0 Å². The highest BCUT2D eigenvalue weighted by Crippen LogP contribution is 2.13. The molecule has 0 saturated carbocycles. The minimum atomic E-state index is -0.650. The molecule has 124 valence electrons. The van der Waals surface area contributed by atoms with Crippen molar-refractivity contribution in [1.82, 2.24) is 14.9 Å². The lowest BCUT2D eigenvalue weighted by atomic mass is 10.2. The molecule has 3 rings (SSSR count). The summed E-state index contributed by atoms with van der Waals surface area (Å²) >= 11 is 0. The third-order valence-corrected chi connectivity index (χ3v) is 3.73. The van der Waals surface area contributed by atoms with Crippen LogP contribution in [0.15, 0.2) is 38.4 Å². The summed E-state index contributed by atoms with van der Waals surface area (Å²) in [6.45, 7) is 3.06. The molecule has 0 amide bonds. The predicted molar refractivity (Wildman–Crippen MR) is 84.6 cm³/mol. The fourth-order valence-electron chi connectivity index (χ4n) is 2.39. The zero-order valence-electron chi connectivity index (χ0n) is 13.2. The maximum absolute atomic E-state index is 12.3. The van der Waals surface area contributed by atoms with Gasteiger partial charge in [0.25, 0.3) is 11.1 Å². The van der Waals surface area contributed by atoms with E-state index in [-0.39, 0.29) is 23.9 Å². The molecule has 2 heterocycles. The summed E-state index contributed by atoms with van der Waals surface area (Å²) < 4.78 is 11.1. The average molecular weight is 329 g/mol. The lowest BCUT2D eigenvalue weighted by Gasteiger charge is -2.07. The molecule has 0 aliphatic rings. The van der Waals surface area contributed by atoms with Crippen molar-refractivity contribution in [3.05, 3.63) is 62.0 Å². The molecular weight excluding hydrogens is 314 g/mol. The number of carbonyl (C=O) groups excluding carboxylic acids is 1. The molecule has 1 aromatic carbocycles. The van der Waals surface area contributed by atoms with Crippen LogP contribution in [0, 0.1) is 13.8 Å². The molecular formula is C16H15N3O5. The van der Waals surface area contributed by atoms with Crippen molar-refractivity contribution in [2.45, 2.75) is 27.0 Å². The number of rotatable bonds is 4. The minimum Gasteiger partial charge on any atom is -0.459 e. The molecule has 24 heavy (non-hydrogen) atoms. The summed E-state index contributed by atoms with van der Waals surface area (Å²) in [7, 11) is 0. The third kappa shape index (κ3) is 2.85. The molecule has 0 aliphatic heterocycles. The maximum Gasteiger partial charge on any atom is 0.328 e. The fraction of sp³-hybridized carbons (Fsp3) is 0.250. The van der Waals surface area contributed by atoms with Crippen molar-refractivity contribution >= 4 is 16.7 Å². The second-order valence-electron chi connectivity index (χ2n) is 5.34.